The molecular weight excluding hydrogens is 286 g/mol. The van der Waals surface area contributed by atoms with Gasteiger partial charge >= 0.3 is 0 Å². The van der Waals surface area contributed by atoms with Crippen molar-refractivity contribution in [3.8, 4) is 0 Å². The van der Waals surface area contributed by atoms with Gasteiger partial charge in [0.05, 0.1) is 22.4 Å². The van der Waals surface area contributed by atoms with Crippen molar-refractivity contribution in [3.63, 3.8) is 0 Å². The fourth-order valence-corrected chi connectivity index (χ4v) is 2.57. The average molecular weight is 305 g/mol. The molecule has 0 atom stereocenters. The van der Waals surface area contributed by atoms with Crippen LogP contribution in [-0.4, -0.2) is 15.9 Å². The normalized spacial score (nSPS) is 10.8. The Morgan fingerprint density at radius 1 is 0.870 bits per heavy atom. The number of fused-ring (bicyclic) bond motifs is 1. The van der Waals surface area contributed by atoms with Gasteiger partial charge in [0.15, 0.2) is 0 Å². The molecule has 1 amide bonds. The van der Waals surface area contributed by atoms with Crippen LogP contribution < -0.4 is 5.32 Å². The molecule has 0 fully saturated rings. The molecule has 1 N–H and O–H groups in total. The van der Waals surface area contributed by atoms with E-state index in [2.05, 4.69) is 15.3 Å². The Labute approximate surface area is 135 Å². The van der Waals surface area contributed by atoms with Gasteiger partial charge in [0.2, 0.25) is 0 Å². The second kappa shape index (κ2) is 5.80. The summed E-state index contributed by atoms with van der Waals surface area (Å²) in [5.41, 5.74) is 6.87. The van der Waals surface area contributed by atoms with Crippen molar-refractivity contribution >= 4 is 22.6 Å². The van der Waals surface area contributed by atoms with Crippen LogP contribution in [0.1, 0.15) is 32.9 Å². The number of benzene rings is 2. The summed E-state index contributed by atoms with van der Waals surface area (Å²) < 4.78 is 0. The van der Waals surface area contributed by atoms with E-state index < -0.39 is 0 Å². The number of amides is 1. The van der Waals surface area contributed by atoms with Crippen LogP contribution in [0.2, 0.25) is 0 Å². The molecule has 0 radical (unpaired) electrons. The predicted octanol–water partition coefficient (Wildman–Crippen LogP) is 4.12. The number of aromatic nitrogens is 2. The Hall–Kier alpha value is -2.75. The number of carbonyl (C=O) groups excluding carboxylic acids is 1. The maximum absolute atomic E-state index is 12.6. The van der Waals surface area contributed by atoms with Crippen molar-refractivity contribution in [1.82, 2.24) is 9.97 Å². The highest BCUT2D eigenvalue weighted by Gasteiger charge is 2.11. The topological polar surface area (TPSA) is 54.9 Å². The Balaban J connectivity index is 1.96. The first-order chi connectivity index (χ1) is 11.0. The van der Waals surface area contributed by atoms with Crippen LogP contribution in [0.4, 0.5) is 5.69 Å². The van der Waals surface area contributed by atoms with Crippen molar-refractivity contribution in [3.05, 3.63) is 64.5 Å². The average Bonchev–Trinajstić information content (AvgIpc) is 2.51. The molecule has 116 valence electrons. The Bertz CT molecular complexity index is 896. The minimum atomic E-state index is -0.135. The Morgan fingerprint density at radius 2 is 1.48 bits per heavy atom. The molecule has 4 nitrogen and oxygen atoms in total. The molecule has 23 heavy (non-hydrogen) atoms. The van der Waals surface area contributed by atoms with Crippen LogP contribution >= 0.6 is 0 Å². The highest BCUT2D eigenvalue weighted by molar-refractivity contribution is 6.06. The molecule has 0 unspecified atom stereocenters. The maximum Gasteiger partial charge on any atom is 0.255 e. The lowest BCUT2D eigenvalue weighted by Gasteiger charge is -2.12. The number of nitrogens with zero attached hydrogens (tertiary/aromatic N) is 2. The molecule has 0 spiro atoms. The third-order valence-electron chi connectivity index (χ3n) is 4.06. The fourth-order valence-electron chi connectivity index (χ4n) is 2.57. The monoisotopic (exact) mass is 305 g/mol. The van der Waals surface area contributed by atoms with E-state index in [9.17, 15) is 4.79 Å². The molecule has 0 saturated carbocycles. The van der Waals surface area contributed by atoms with E-state index in [1.807, 2.05) is 52.0 Å². The van der Waals surface area contributed by atoms with Gasteiger partial charge in [-0.05, 0) is 57.0 Å². The molecule has 4 heteroatoms. The molecular formula is C19H19N3O. The molecule has 2 aromatic carbocycles. The minimum Gasteiger partial charge on any atom is -0.322 e. The summed E-state index contributed by atoms with van der Waals surface area (Å²) in [5.74, 6) is -0.135. The van der Waals surface area contributed by atoms with Gasteiger partial charge in [-0.15, -0.1) is 0 Å². The van der Waals surface area contributed by atoms with E-state index >= 15 is 0 Å². The van der Waals surface area contributed by atoms with Gasteiger partial charge in [-0.2, -0.15) is 0 Å². The zero-order valence-corrected chi connectivity index (χ0v) is 13.8. The van der Waals surface area contributed by atoms with Crippen molar-refractivity contribution in [1.29, 1.82) is 0 Å². The summed E-state index contributed by atoms with van der Waals surface area (Å²) in [7, 11) is 0. The first-order valence-electron chi connectivity index (χ1n) is 7.58. The molecule has 3 rings (SSSR count). The number of hydrogen-bond donors (Lipinski definition) is 1. The lowest BCUT2D eigenvalue weighted by atomic mass is 10.1. The van der Waals surface area contributed by atoms with Gasteiger partial charge in [-0.3, -0.25) is 4.79 Å². The van der Waals surface area contributed by atoms with Crippen LogP contribution in [0.15, 0.2) is 36.4 Å². The first-order valence-corrected chi connectivity index (χ1v) is 7.58. The molecule has 0 aliphatic heterocycles. The molecule has 1 heterocycles. The molecule has 0 bridgehead atoms. The van der Waals surface area contributed by atoms with Gasteiger partial charge in [-0.25, -0.2) is 9.97 Å². The summed E-state index contributed by atoms with van der Waals surface area (Å²) in [6.45, 7) is 7.83. The number of aryl methyl sites for hydroxylation is 4. The van der Waals surface area contributed by atoms with E-state index in [0.717, 1.165) is 39.2 Å². The summed E-state index contributed by atoms with van der Waals surface area (Å²) in [6, 6.07) is 11.4. The number of carbonyl (C=O) groups is 1. The van der Waals surface area contributed by atoms with E-state index in [1.165, 1.54) is 0 Å². The van der Waals surface area contributed by atoms with E-state index in [1.54, 1.807) is 12.1 Å². The zero-order valence-electron chi connectivity index (χ0n) is 13.8. The number of rotatable bonds is 2. The van der Waals surface area contributed by atoms with Crippen molar-refractivity contribution in [2.24, 2.45) is 0 Å². The lowest BCUT2D eigenvalue weighted by molar-refractivity contribution is 0.102. The van der Waals surface area contributed by atoms with Crippen LogP contribution in [0.3, 0.4) is 0 Å². The molecule has 0 aliphatic carbocycles. The van der Waals surface area contributed by atoms with Gasteiger partial charge in [-0.1, -0.05) is 18.2 Å². The predicted molar refractivity (Wildman–Crippen MR) is 92.9 cm³/mol. The number of nitrogens with one attached hydrogen (secondary N) is 1. The summed E-state index contributed by atoms with van der Waals surface area (Å²) in [4.78, 5) is 21.6. The summed E-state index contributed by atoms with van der Waals surface area (Å²) in [5, 5.41) is 3.00. The third-order valence-corrected chi connectivity index (χ3v) is 4.06. The fraction of sp³-hybridized carbons (Fsp3) is 0.211. The molecule has 3 aromatic rings. The lowest BCUT2D eigenvalue weighted by Crippen LogP contribution is -2.14. The van der Waals surface area contributed by atoms with E-state index in [4.69, 9.17) is 0 Å². The van der Waals surface area contributed by atoms with Crippen molar-refractivity contribution in [2.75, 3.05) is 5.32 Å². The molecule has 1 aromatic heterocycles. The zero-order chi connectivity index (χ0) is 16.6. The van der Waals surface area contributed by atoms with Crippen LogP contribution in [0, 0.1) is 27.7 Å². The first kappa shape index (κ1) is 15.2. The van der Waals surface area contributed by atoms with Gasteiger partial charge < -0.3 is 5.32 Å². The van der Waals surface area contributed by atoms with Gasteiger partial charge in [0.25, 0.3) is 5.91 Å². The number of para-hydroxylation sites is 1. The van der Waals surface area contributed by atoms with Crippen molar-refractivity contribution < 1.29 is 4.79 Å². The number of hydrogen-bond acceptors (Lipinski definition) is 3. The van der Waals surface area contributed by atoms with Crippen LogP contribution in [-0.2, 0) is 0 Å². The highest BCUT2D eigenvalue weighted by atomic mass is 16.1. The van der Waals surface area contributed by atoms with Crippen molar-refractivity contribution in [2.45, 2.75) is 27.7 Å². The minimum absolute atomic E-state index is 0.135. The maximum atomic E-state index is 12.6. The Kier molecular flexibility index (Phi) is 3.82. The highest BCUT2D eigenvalue weighted by Crippen LogP contribution is 2.21. The summed E-state index contributed by atoms with van der Waals surface area (Å²) in [6.07, 6.45) is 0. The quantitative estimate of drug-likeness (QED) is 0.775. The van der Waals surface area contributed by atoms with E-state index in [-0.39, 0.29) is 5.91 Å². The van der Waals surface area contributed by atoms with Gasteiger partial charge in [0, 0.05) is 11.3 Å². The smallest absolute Gasteiger partial charge is 0.255 e. The largest absolute Gasteiger partial charge is 0.322 e. The van der Waals surface area contributed by atoms with E-state index in [0.29, 0.717) is 5.56 Å². The second-order valence-corrected chi connectivity index (χ2v) is 5.82. The third kappa shape index (κ3) is 2.93. The second-order valence-electron chi connectivity index (χ2n) is 5.82. The van der Waals surface area contributed by atoms with Crippen LogP contribution in [0.25, 0.3) is 11.0 Å². The Morgan fingerprint density at radius 3 is 2.13 bits per heavy atom. The standard InChI is InChI=1S/C19H19N3O/c1-11-6-5-7-12(2)18(11)22-19(23)15-8-9-16-17(10-15)21-14(4)13(3)20-16/h5-10H,1-4H3,(H,22,23). The molecule has 0 saturated heterocycles. The summed E-state index contributed by atoms with van der Waals surface area (Å²) >= 11 is 0. The van der Waals surface area contributed by atoms with Crippen LogP contribution in [0.5, 0.6) is 0 Å². The number of anilines is 1. The SMILES string of the molecule is Cc1cccc(C)c1NC(=O)c1ccc2nc(C)c(C)nc2c1. The molecule has 0 aliphatic rings. The van der Waals surface area contributed by atoms with Gasteiger partial charge in [0.1, 0.15) is 0 Å².